The number of halogens is 1. The van der Waals surface area contributed by atoms with Gasteiger partial charge in [-0.25, -0.2) is 13.1 Å². The molecule has 0 heterocycles. The highest BCUT2D eigenvalue weighted by molar-refractivity contribution is 7.88. The summed E-state index contributed by atoms with van der Waals surface area (Å²) in [5.41, 5.74) is 1.04. The minimum Gasteiger partial charge on any atom is -0.497 e. The molecule has 0 aliphatic heterocycles. The molecule has 2 aromatic rings. The Bertz CT molecular complexity index is 900. The molecule has 0 saturated heterocycles. The molecular weight excluding hydrogens is 392 g/mol. The summed E-state index contributed by atoms with van der Waals surface area (Å²) in [4.78, 5) is 12.5. The Morgan fingerprint density at radius 2 is 1.78 bits per heavy atom. The van der Waals surface area contributed by atoms with Crippen molar-refractivity contribution in [3.8, 4) is 11.5 Å². The highest BCUT2D eigenvalue weighted by Gasteiger charge is 2.21. The average Bonchev–Trinajstić information content (AvgIpc) is 2.60. The van der Waals surface area contributed by atoms with Crippen molar-refractivity contribution < 1.29 is 22.7 Å². The van der Waals surface area contributed by atoms with E-state index in [2.05, 4.69) is 10.0 Å². The smallest absolute Gasteiger partial charge is 0.226 e. The van der Waals surface area contributed by atoms with E-state index in [0.29, 0.717) is 27.8 Å². The Morgan fingerprint density at radius 3 is 2.33 bits per heavy atom. The molecule has 0 aromatic heterocycles. The van der Waals surface area contributed by atoms with Crippen LogP contribution in [0.3, 0.4) is 0 Å². The molecule has 2 aromatic carbocycles. The number of hydrogen-bond donors (Lipinski definition) is 2. The van der Waals surface area contributed by atoms with E-state index in [9.17, 15) is 13.2 Å². The van der Waals surface area contributed by atoms with Crippen LogP contribution in [0.2, 0.25) is 5.02 Å². The van der Waals surface area contributed by atoms with Crippen molar-refractivity contribution in [2.45, 2.75) is 12.5 Å². The van der Waals surface area contributed by atoms with Gasteiger partial charge in [-0.15, -0.1) is 0 Å². The second kappa shape index (κ2) is 9.07. The second-order valence-electron chi connectivity index (χ2n) is 5.81. The lowest BCUT2D eigenvalue weighted by atomic mass is 10.0. The van der Waals surface area contributed by atoms with Crippen LogP contribution < -0.4 is 19.5 Å². The van der Waals surface area contributed by atoms with E-state index in [1.807, 2.05) is 0 Å². The number of carbonyl (C=O) groups excluding carboxylic acids is 1. The van der Waals surface area contributed by atoms with Gasteiger partial charge < -0.3 is 14.8 Å². The Morgan fingerprint density at radius 1 is 1.11 bits per heavy atom. The summed E-state index contributed by atoms with van der Waals surface area (Å²) >= 11 is 5.96. The SMILES string of the molecule is COc1ccc([C@@H](CC(=O)Nc2cc(Cl)ccc2OC)NS(C)(=O)=O)cc1. The largest absolute Gasteiger partial charge is 0.497 e. The number of hydrogen-bond acceptors (Lipinski definition) is 5. The van der Waals surface area contributed by atoms with Crippen LogP contribution in [-0.4, -0.2) is 34.8 Å². The van der Waals surface area contributed by atoms with Crippen LogP contribution in [0.15, 0.2) is 42.5 Å². The fourth-order valence-corrected chi connectivity index (χ4v) is 3.40. The van der Waals surface area contributed by atoms with E-state index < -0.39 is 22.0 Å². The summed E-state index contributed by atoms with van der Waals surface area (Å²) in [5, 5.41) is 3.14. The topological polar surface area (TPSA) is 93.7 Å². The number of methoxy groups -OCH3 is 2. The van der Waals surface area contributed by atoms with E-state index >= 15 is 0 Å². The molecule has 27 heavy (non-hydrogen) atoms. The fraction of sp³-hybridized carbons (Fsp3) is 0.278. The van der Waals surface area contributed by atoms with Gasteiger partial charge in [0.1, 0.15) is 11.5 Å². The minimum absolute atomic E-state index is 0.116. The third kappa shape index (κ3) is 6.42. The number of rotatable bonds is 8. The average molecular weight is 413 g/mol. The third-order valence-corrected chi connectivity index (χ3v) is 4.65. The van der Waals surface area contributed by atoms with E-state index in [4.69, 9.17) is 21.1 Å². The van der Waals surface area contributed by atoms with Gasteiger partial charge >= 0.3 is 0 Å². The number of nitrogens with one attached hydrogen (secondary N) is 2. The molecule has 0 saturated carbocycles. The summed E-state index contributed by atoms with van der Waals surface area (Å²) < 4.78 is 36.2. The molecule has 146 valence electrons. The molecule has 2 rings (SSSR count). The van der Waals surface area contributed by atoms with Gasteiger partial charge in [0.25, 0.3) is 0 Å². The van der Waals surface area contributed by atoms with Gasteiger partial charge in [0.05, 0.1) is 32.2 Å². The molecule has 1 amide bonds. The van der Waals surface area contributed by atoms with E-state index in [-0.39, 0.29) is 6.42 Å². The molecule has 0 aliphatic rings. The zero-order valence-corrected chi connectivity index (χ0v) is 16.7. The van der Waals surface area contributed by atoms with Crippen LogP contribution in [0.4, 0.5) is 5.69 Å². The van der Waals surface area contributed by atoms with Crippen molar-refractivity contribution in [3.05, 3.63) is 53.1 Å². The van der Waals surface area contributed by atoms with Crippen molar-refractivity contribution in [2.75, 3.05) is 25.8 Å². The summed E-state index contributed by atoms with van der Waals surface area (Å²) in [5.74, 6) is 0.683. The van der Waals surface area contributed by atoms with Crippen LogP contribution in [0.5, 0.6) is 11.5 Å². The molecule has 0 aliphatic carbocycles. The maximum atomic E-state index is 12.5. The first-order valence-electron chi connectivity index (χ1n) is 7.96. The van der Waals surface area contributed by atoms with Crippen molar-refractivity contribution in [1.82, 2.24) is 4.72 Å². The van der Waals surface area contributed by atoms with E-state index in [0.717, 1.165) is 6.26 Å². The highest BCUT2D eigenvalue weighted by Crippen LogP contribution is 2.28. The summed E-state index contributed by atoms with van der Waals surface area (Å²) in [6, 6.07) is 10.9. The number of carbonyl (C=O) groups is 1. The van der Waals surface area contributed by atoms with Gasteiger partial charge in [-0.2, -0.15) is 0 Å². The lowest BCUT2D eigenvalue weighted by Gasteiger charge is -2.18. The van der Waals surface area contributed by atoms with Gasteiger partial charge in [0.15, 0.2) is 0 Å². The van der Waals surface area contributed by atoms with Crippen LogP contribution in [0.1, 0.15) is 18.0 Å². The predicted octanol–water partition coefficient (Wildman–Crippen LogP) is 2.98. The van der Waals surface area contributed by atoms with E-state index in [1.54, 1.807) is 42.5 Å². The van der Waals surface area contributed by atoms with E-state index in [1.165, 1.54) is 14.2 Å². The molecular formula is C18H21ClN2O5S. The van der Waals surface area contributed by atoms with Gasteiger partial charge in [0.2, 0.25) is 15.9 Å². The number of sulfonamides is 1. The minimum atomic E-state index is -3.53. The Labute approximate surface area is 163 Å². The number of amides is 1. The lowest BCUT2D eigenvalue weighted by Crippen LogP contribution is -2.30. The number of anilines is 1. The molecule has 2 N–H and O–H groups in total. The molecule has 0 radical (unpaired) electrons. The number of benzene rings is 2. The molecule has 0 unspecified atom stereocenters. The zero-order chi connectivity index (χ0) is 20.0. The Kier molecular flexibility index (Phi) is 7.06. The Hall–Kier alpha value is -2.29. The van der Waals surface area contributed by atoms with Crippen molar-refractivity contribution in [1.29, 1.82) is 0 Å². The van der Waals surface area contributed by atoms with Gasteiger partial charge in [-0.1, -0.05) is 23.7 Å². The van der Waals surface area contributed by atoms with Crippen molar-refractivity contribution in [2.24, 2.45) is 0 Å². The molecule has 9 heteroatoms. The first-order chi connectivity index (χ1) is 12.7. The zero-order valence-electron chi connectivity index (χ0n) is 15.2. The normalized spacial score (nSPS) is 12.3. The molecule has 0 spiro atoms. The Balaban J connectivity index is 2.21. The first-order valence-corrected chi connectivity index (χ1v) is 10.2. The summed E-state index contributed by atoms with van der Waals surface area (Å²) in [6.45, 7) is 0. The second-order valence-corrected chi connectivity index (χ2v) is 8.03. The van der Waals surface area contributed by atoms with Crippen LogP contribution in [-0.2, 0) is 14.8 Å². The van der Waals surface area contributed by atoms with Crippen LogP contribution in [0, 0.1) is 0 Å². The van der Waals surface area contributed by atoms with Gasteiger partial charge in [-0.3, -0.25) is 4.79 Å². The van der Waals surface area contributed by atoms with Gasteiger partial charge in [0, 0.05) is 11.4 Å². The maximum Gasteiger partial charge on any atom is 0.226 e. The molecule has 0 bridgehead atoms. The fourth-order valence-electron chi connectivity index (χ4n) is 2.49. The third-order valence-electron chi connectivity index (χ3n) is 3.70. The summed E-state index contributed by atoms with van der Waals surface area (Å²) in [7, 11) is -0.521. The highest BCUT2D eigenvalue weighted by atomic mass is 35.5. The molecule has 0 fully saturated rings. The standard InChI is InChI=1S/C18H21ClN2O5S/c1-25-14-7-4-12(5-8-14)15(21-27(3,23)24)11-18(22)20-16-10-13(19)6-9-17(16)26-2/h4-10,15,21H,11H2,1-3H3,(H,20,22)/t15-/m1/s1. The molecule has 7 nitrogen and oxygen atoms in total. The lowest BCUT2D eigenvalue weighted by molar-refractivity contribution is -0.116. The van der Waals surface area contributed by atoms with Crippen molar-refractivity contribution >= 4 is 33.2 Å². The predicted molar refractivity (Wildman–Crippen MR) is 105 cm³/mol. The van der Waals surface area contributed by atoms with Gasteiger partial charge in [-0.05, 0) is 35.9 Å². The monoisotopic (exact) mass is 412 g/mol. The van der Waals surface area contributed by atoms with Crippen LogP contribution in [0.25, 0.3) is 0 Å². The molecule has 1 atom stereocenters. The quantitative estimate of drug-likeness (QED) is 0.695. The first kappa shape index (κ1) is 21.0. The maximum absolute atomic E-state index is 12.5. The van der Waals surface area contributed by atoms with Crippen molar-refractivity contribution in [3.63, 3.8) is 0 Å². The number of ether oxygens (including phenoxy) is 2. The summed E-state index contributed by atoms with van der Waals surface area (Å²) in [6.07, 6.45) is 0.927. The van der Waals surface area contributed by atoms with Crippen LogP contribution >= 0.6 is 11.6 Å².